The highest BCUT2D eigenvalue weighted by Crippen LogP contribution is 2.23. The molecule has 0 spiro atoms. The number of pyridine rings is 1. The molecule has 4 aromatic rings. The van der Waals surface area contributed by atoms with Crippen molar-refractivity contribution in [2.24, 2.45) is 5.92 Å². The summed E-state index contributed by atoms with van der Waals surface area (Å²) >= 11 is 0. The van der Waals surface area contributed by atoms with E-state index in [0.717, 1.165) is 54.0 Å². The Kier molecular flexibility index (Phi) is 4.31. The standard InChI is InChI=1S/C21H21N7O/c1-2-14-7-8-27(12-14)21(29)17-9-16-11-25-28(20(16)22-10-17)18-5-3-15(4-6-18)19-23-13-24-26-19/h3-6,9-11,13-14H,2,7-8,12H2,1H3,(H,23,24,26)/t14-/m0/s1. The summed E-state index contributed by atoms with van der Waals surface area (Å²) in [5.41, 5.74) is 3.18. The Bertz CT molecular complexity index is 1150. The second-order valence-electron chi connectivity index (χ2n) is 7.39. The van der Waals surface area contributed by atoms with Gasteiger partial charge in [0.15, 0.2) is 11.5 Å². The van der Waals surface area contributed by atoms with Gasteiger partial charge in [0.05, 0.1) is 17.4 Å². The average Bonchev–Trinajstić information content (AvgIpc) is 3.53. The van der Waals surface area contributed by atoms with Gasteiger partial charge in [-0.3, -0.25) is 4.79 Å². The molecule has 1 aliphatic rings. The van der Waals surface area contributed by atoms with Gasteiger partial charge in [0.1, 0.15) is 6.33 Å². The number of H-pyrrole nitrogens is 1. The molecule has 146 valence electrons. The Hall–Kier alpha value is -3.55. The van der Waals surface area contributed by atoms with Crippen LogP contribution in [0.2, 0.25) is 0 Å². The summed E-state index contributed by atoms with van der Waals surface area (Å²) < 4.78 is 1.77. The number of amides is 1. The molecular weight excluding hydrogens is 366 g/mol. The van der Waals surface area contributed by atoms with E-state index in [2.05, 4.69) is 32.2 Å². The number of hydrogen-bond donors (Lipinski definition) is 1. The normalized spacial score (nSPS) is 16.6. The zero-order valence-electron chi connectivity index (χ0n) is 16.1. The summed E-state index contributed by atoms with van der Waals surface area (Å²) in [7, 11) is 0. The number of benzene rings is 1. The predicted octanol–water partition coefficient (Wildman–Crippen LogP) is 3.08. The lowest BCUT2D eigenvalue weighted by atomic mass is 10.1. The van der Waals surface area contributed by atoms with Crippen molar-refractivity contribution in [3.8, 4) is 17.1 Å². The summed E-state index contributed by atoms with van der Waals surface area (Å²) in [6.07, 6.45) is 7.16. The Morgan fingerprint density at radius 2 is 2.10 bits per heavy atom. The third-order valence-corrected chi connectivity index (χ3v) is 5.61. The Balaban J connectivity index is 1.41. The molecule has 1 aliphatic heterocycles. The van der Waals surface area contributed by atoms with E-state index in [1.165, 1.54) is 0 Å². The number of carbonyl (C=O) groups excluding carboxylic acids is 1. The van der Waals surface area contributed by atoms with Gasteiger partial charge in [-0.25, -0.2) is 9.67 Å². The molecule has 0 radical (unpaired) electrons. The number of likely N-dealkylation sites (tertiary alicyclic amines) is 1. The molecule has 8 nitrogen and oxygen atoms in total. The van der Waals surface area contributed by atoms with Crippen LogP contribution >= 0.6 is 0 Å². The van der Waals surface area contributed by atoms with Gasteiger partial charge >= 0.3 is 0 Å². The zero-order chi connectivity index (χ0) is 19.8. The maximum atomic E-state index is 12.8. The van der Waals surface area contributed by atoms with Crippen molar-refractivity contribution in [3.63, 3.8) is 0 Å². The second kappa shape index (κ2) is 7.12. The van der Waals surface area contributed by atoms with Crippen molar-refractivity contribution in [1.82, 2.24) is 34.8 Å². The monoisotopic (exact) mass is 387 g/mol. The molecule has 1 aromatic carbocycles. The maximum absolute atomic E-state index is 12.8. The first kappa shape index (κ1) is 17.5. The van der Waals surface area contributed by atoms with Gasteiger partial charge in [-0.15, -0.1) is 10.2 Å². The molecule has 3 aromatic heterocycles. The largest absolute Gasteiger partial charge is 0.338 e. The number of aromatic nitrogens is 6. The maximum Gasteiger partial charge on any atom is 0.255 e. The lowest BCUT2D eigenvalue weighted by Crippen LogP contribution is -2.28. The van der Waals surface area contributed by atoms with Crippen LogP contribution in [0.3, 0.4) is 0 Å². The lowest BCUT2D eigenvalue weighted by molar-refractivity contribution is 0.0786. The Labute approximate surface area is 167 Å². The van der Waals surface area contributed by atoms with Crippen LogP contribution in [0.15, 0.2) is 49.1 Å². The molecule has 4 heterocycles. The van der Waals surface area contributed by atoms with E-state index in [1.54, 1.807) is 23.4 Å². The number of nitrogens with zero attached hydrogens (tertiary/aromatic N) is 6. The Morgan fingerprint density at radius 3 is 2.83 bits per heavy atom. The molecule has 5 rings (SSSR count). The fourth-order valence-electron chi connectivity index (χ4n) is 3.87. The van der Waals surface area contributed by atoms with Gasteiger partial charge in [-0.1, -0.05) is 13.3 Å². The van der Waals surface area contributed by atoms with Crippen molar-refractivity contribution in [1.29, 1.82) is 0 Å². The third kappa shape index (κ3) is 3.16. The highest BCUT2D eigenvalue weighted by Gasteiger charge is 2.26. The van der Waals surface area contributed by atoms with Gasteiger partial charge in [0, 0.05) is 30.2 Å². The number of rotatable bonds is 4. The number of aromatic amines is 1. The van der Waals surface area contributed by atoms with E-state index in [9.17, 15) is 4.79 Å². The summed E-state index contributed by atoms with van der Waals surface area (Å²) in [5.74, 6) is 1.38. The fraction of sp³-hybridized carbons (Fsp3) is 0.286. The minimum atomic E-state index is 0.0551. The van der Waals surface area contributed by atoms with Crippen molar-refractivity contribution < 1.29 is 4.79 Å². The first-order chi connectivity index (χ1) is 14.2. The summed E-state index contributed by atoms with van der Waals surface area (Å²) in [4.78, 5) is 22.3. The van der Waals surface area contributed by atoms with Gasteiger partial charge < -0.3 is 9.88 Å². The van der Waals surface area contributed by atoms with Crippen LogP contribution in [0, 0.1) is 5.92 Å². The minimum Gasteiger partial charge on any atom is -0.338 e. The van der Waals surface area contributed by atoms with Crippen LogP contribution in [0.4, 0.5) is 0 Å². The molecule has 0 bridgehead atoms. The van der Waals surface area contributed by atoms with E-state index in [1.807, 2.05) is 35.2 Å². The number of nitrogens with one attached hydrogen (secondary N) is 1. The van der Waals surface area contributed by atoms with Crippen LogP contribution in [0.1, 0.15) is 30.1 Å². The van der Waals surface area contributed by atoms with Crippen molar-refractivity contribution >= 4 is 16.9 Å². The lowest BCUT2D eigenvalue weighted by Gasteiger charge is -2.16. The highest BCUT2D eigenvalue weighted by molar-refractivity contribution is 5.97. The molecule has 1 fully saturated rings. The zero-order valence-corrected chi connectivity index (χ0v) is 16.1. The predicted molar refractivity (Wildman–Crippen MR) is 109 cm³/mol. The molecule has 1 N–H and O–H groups in total. The van der Waals surface area contributed by atoms with E-state index in [0.29, 0.717) is 11.5 Å². The van der Waals surface area contributed by atoms with E-state index < -0.39 is 0 Å². The van der Waals surface area contributed by atoms with Crippen LogP contribution in [0.25, 0.3) is 28.1 Å². The molecule has 8 heteroatoms. The minimum absolute atomic E-state index is 0.0551. The van der Waals surface area contributed by atoms with Gasteiger partial charge in [-0.2, -0.15) is 5.10 Å². The molecule has 0 saturated carbocycles. The second-order valence-corrected chi connectivity index (χ2v) is 7.39. The number of fused-ring (bicyclic) bond motifs is 1. The first-order valence-electron chi connectivity index (χ1n) is 9.83. The van der Waals surface area contributed by atoms with E-state index in [4.69, 9.17) is 0 Å². The summed E-state index contributed by atoms with van der Waals surface area (Å²) in [6.45, 7) is 3.84. The molecule has 29 heavy (non-hydrogen) atoms. The van der Waals surface area contributed by atoms with Crippen molar-refractivity contribution in [2.45, 2.75) is 19.8 Å². The molecule has 0 aliphatic carbocycles. The van der Waals surface area contributed by atoms with Crippen LogP contribution in [-0.4, -0.2) is 53.8 Å². The van der Waals surface area contributed by atoms with Gasteiger partial charge in [0.2, 0.25) is 0 Å². The molecule has 0 unspecified atom stereocenters. The molecule has 1 atom stereocenters. The molecule has 1 amide bonds. The summed E-state index contributed by atoms with van der Waals surface area (Å²) in [6, 6.07) is 9.72. The van der Waals surface area contributed by atoms with E-state index in [-0.39, 0.29) is 5.91 Å². The highest BCUT2D eigenvalue weighted by atomic mass is 16.2. The van der Waals surface area contributed by atoms with Crippen LogP contribution < -0.4 is 0 Å². The number of carbonyl (C=O) groups is 1. The topological polar surface area (TPSA) is 92.6 Å². The van der Waals surface area contributed by atoms with Gasteiger partial charge in [0.25, 0.3) is 5.91 Å². The molecular formula is C21H21N7O. The smallest absolute Gasteiger partial charge is 0.255 e. The summed E-state index contributed by atoms with van der Waals surface area (Å²) in [5, 5.41) is 13.2. The fourth-order valence-corrected chi connectivity index (χ4v) is 3.87. The quantitative estimate of drug-likeness (QED) is 0.581. The van der Waals surface area contributed by atoms with Crippen LogP contribution in [-0.2, 0) is 0 Å². The third-order valence-electron chi connectivity index (χ3n) is 5.61. The van der Waals surface area contributed by atoms with E-state index >= 15 is 0 Å². The van der Waals surface area contributed by atoms with Crippen LogP contribution in [0.5, 0.6) is 0 Å². The van der Waals surface area contributed by atoms with Gasteiger partial charge in [-0.05, 0) is 42.7 Å². The SMILES string of the molecule is CC[C@H]1CCN(C(=O)c2cnc3c(cnn3-c3ccc(-c4nnc[nH]4)cc3)c2)C1. The van der Waals surface area contributed by atoms with Crippen molar-refractivity contribution in [2.75, 3.05) is 13.1 Å². The Morgan fingerprint density at radius 1 is 1.24 bits per heavy atom. The average molecular weight is 387 g/mol. The number of hydrogen-bond acceptors (Lipinski definition) is 5. The molecule has 1 saturated heterocycles. The first-order valence-corrected chi connectivity index (χ1v) is 9.83. The van der Waals surface area contributed by atoms with Crippen molar-refractivity contribution in [3.05, 3.63) is 54.6 Å².